The van der Waals surface area contributed by atoms with Gasteiger partial charge in [0.25, 0.3) is 0 Å². The number of benzene rings is 1. The van der Waals surface area contributed by atoms with Crippen molar-refractivity contribution in [2.45, 2.75) is 6.92 Å². The molecule has 1 aromatic carbocycles. The number of aromatic hydroxyl groups is 1. The number of nitrogens with zero attached hydrogens (tertiary/aromatic N) is 1. The van der Waals surface area contributed by atoms with Crippen molar-refractivity contribution in [3.8, 4) is 17.2 Å². The summed E-state index contributed by atoms with van der Waals surface area (Å²) in [5, 5.41) is 16.1. The number of aromatic nitrogens is 1. The minimum absolute atomic E-state index is 0.0454. The Morgan fingerprint density at radius 1 is 1.15 bits per heavy atom. The van der Waals surface area contributed by atoms with Gasteiger partial charge in [0.05, 0.1) is 0 Å². The van der Waals surface area contributed by atoms with E-state index < -0.39 is 0 Å². The highest BCUT2D eigenvalue weighted by atomic mass is 16.7. The zero-order chi connectivity index (χ0) is 14.1. The first kappa shape index (κ1) is 12.4. The summed E-state index contributed by atoms with van der Waals surface area (Å²) in [4.78, 5) is 4.40. The molecule has 0 saturated carbocycles. The predicted octanol–water partition coefficient (Wildman–Crippen LogP) is 2.61. The molecule has 6 nitrogen and oxygen atoms in total. The Morgan fingerprint density at radius 3 is 2.80 bits per heavy atom. The lowest BCUT2D eigenvalue weighted by molar-refractivity contribution is 0.171. The summed E-state index contributed by atoms with van der Waals surface area (Å²) in [6.07, 6.45) is 0. The number of phenols is 1. The summed E-state index contributed by atoms with van der Waals surface area (Å²) < 4.78 is 10.4. The Labute approximate surface area is 116 Å². The molecular weight excluding hydrogens is 258 g/mol. The highest BCUT2D eigenvalue weighted by molar-refractivity contribution is 5.68. The van der Waals surface area contributed by atoms with Crippen LogP contribution in [-0.4, -0.2) is 23.9 Å². The summed E-state index contributed by atoms with van der Waals surface area (Å²) in [6, 6.07) is 7.18. The predicted molar refractivity (Wildman–Crippen MR) is 76.0 cm³/mol. The van der Waals surface area contributed by atoms with Crippen LogP contribution in [0.15, 0.2) is 24.3 Å². The normalized spacial score (nSPS) is 12.3. The molecule has 0 atom stereocenters. The molecule has 0 amide bonds. The van der Waals surface area contributed by atoms with Gasteiger partial charge in [0.2, 0.25) is 12.5 Å². The molecule has 0 aliphatic carbocycles. The summed E-state index contributed by atoms with van der Waals surface area (Å²) >= 11 is 0. The number of hydrogen-bond acceptors (Lipinski definition) is 6. The van der Waals surface area contributed by atoms with Crippen LogP contribution in [0.4, 0.5) is 17.2 Å². The topological polar surface area (TPSA) is 75.6 Å². The number of ether oxygens (including phenoxy) is 2. The van der Waals surface area contributed by atoms with Crippen molar-refractivity contribution in [2.75, 3.05) is 24.5 Å². The van der Waals surface area contributed by atoms with Gasteiger partial charge in [-0.05, 0) is 13.0 Å². The Balaban J connectivity index is 1.92. The van der Waals surface area contributed by atoms with E-state index in [9.17, 15) is 5.11 Å². The van der Waals surface area contributed by atoms with Crippen LogP contribution in [0.2, 0.25) is 0 Å². The first-order valence-corrected chi connectivity index (χ1v) is 6.22. The lowest BCUT2D eigenvalue weighted by Gasteiger charge is -2.10. The van der Waals surface area contributed by atoms with Gasteiger partial charge in [0.1, 0.15) is 5.82 Å². The standard InChI is InChI=1S/C14H15N3O3/c1-8-3-9(15-2)6-13(16-8)17-10-4-11(18)14-12(5-10)19-7-20-14/h3-6,18H,7H2,1-2H3,(H2,15,16,17). The molecule has 6 heteroatoms. The van der Waals surface area contributed by atoms with Crippen LogP contribution < -0.4 is 20.1 Å². The highest BCUT2D eigenvalue weighted by Crippen LogP contribution is 2.43. The maximum atomic E-state index is 9.87. The molecule has 1 aromatic heterocycles. The zero-order valence-corrected chi connectivity index (χ0v) is 11.2. The van der Waals surface area contributed by atoms with Gasteiger partial charge < -0.3 is 25.2 Å². The molecule has 0 unspecified atom stereocenters. The van der Waals surface area contributed by atoms with E-state index in [2.05, 4.69) is 15.6 Å². The van der Waals surface area contributed by atoms with E-state index in [0.29, 0.717) is 23.0 Å². The minimum Gasteiger partial charge on any atom is -0.504 e. The number of aryl methyl sites for hydroxylation is 1. The molecule has 0 spiro atoms. The quantitative estimate of drug-likeness (QED) is 0.798. The van der Waals surface area contributed by atoms with E-state index in [-0.39, 0.29) is 12.5 Å². The maximum Gasteiger partial charge on any atom is 0.231 e. The van der Waals surface area contributed by atoms with Gasteiger partial charge in [-0.25, -0.2) is 4.98 Å². The molecular formula is C14H15N3O3. The van der Waals surface area contributed by atoms with Crippen molar-refractivity contribution >= 4 is 17.2 Å². The Morgan fingerprint density at radius 2 is 2.00 bits per heavy atom. The number of pyridine rings is 1. The second-order valence-electron chi connectivity index (χ2n) is 4.49. The number of rotatable bonds is 3. The van der Waals surface area contributed by atoms with Crippen molar-refractivity contribution in [3.63, 3.8) is 0 Å². The molecule has 2 aromatic rings. The molecule has 104 valence electrons. The van der Waals surface area contributed by atoms with Crippen LogP contribution in [0.1, 0.15) is 5.69 Å². The van der Waals surface area contributed by atoms with E-state index >= 15 is 0 Å². The van der Waals surface area contributed by atoms with Gasteiger partial charge in [-0.1, -0.05) is 0 Å². The number of anilines is 3. The number of fused-ring (bicyclic) bond motifs is 1. The molecule has 0 fully saturated rings. The molecule has 0 bridgehead atoms. The first-order chi connectivity index (χ1) is 9.65. The van der Waals surface area contributed by atoms with Crippen molar-refractivity contribution in [1.82, 2.24) is 4.98 Å². The highest BCUT2D eigenvalue weighted by Gasteiger charge is 2.19. The Bertz CT molecular complexity index is 658. The van der Waals surface area contributed by atoms with Crippen molar-refractivity contribution in [3.05, 3.63) is 30.0 Å². The van der Waals surface area contributed by atoms with E-state index in [1.54, 1.807) is 12.1 Å². The average molecular weight is 273 g/mol. The van der Waals surface area contributed by atoms with E-state index in [0.717, 1.165) is 11.4 Å². The van der Waals surface area contributed by atoms with Crippen LogP contribution in [0.25, 0.3) is 0 Å². The summed E-state index contributed by atoms with van der Waals surface area (Å²) in [5.74, 6) is 1.63. The van der Waals surface area contributed by atoms with Crippen molar-refractivity contribution < 1.29 is 14.6 Å². The van der Waals surface area contributed by atoms with Crippen LogP contribution in [-0.2, 0) is 0 Å². The Hall–Kier alpha value is -2.63. The molecule has 2 heterocycles. The monoisotopic (exact) mass is 273 g/mol. The summed E-state index contributed by atoms with van der Waals surface area (Å²) in [5.41, 5.74) is 2.54. The first-order valence-electron chi connectivity index (χ1n) is 6.22. The number of nitrogens with one attached hydrogen (secondary N) is 2. The van der Waals surface area contributed by atoms with E-state index in [1.165, 1.54) is 0 Å². The second kappa shape index (κ2) is 4.80. The molecule has 1 aliphatic heterocycles. The van der Waals surface area contributed by atoms with Gasteiger partial charge in [0.15, 0.2) is 11.5 Å². The van der Waals surface area contributed by atoms with Crippen molar-refractivity contribution in [1.29, 1.82) is 0 Å². The van der Waals surface area contributed by atoms with Crippen LogP contribution in [0.5, 0.6) is 17.2 Å². The molecule has 1 aliphatic rings. The number of hydrogen-bond donors (Lipinski definition) is 3. The van der Waals surface area contributed by atoms with Crippen LogP contribution in [0, 0.1) is 6.92 Å². The largest absolute Gasteiger partial charge is 0.504 e. The van der Waals surface area contributed by atoms with Gasteiger partial charge in [0, 0.05) is 42.3 Å². The summed E-state index contributed by atoms with van der Waals surface area (Å²) in [7, 11) is 1.85. The Kier molecular flexibility index (Phi) is 2.98. The lowest BCUT2D eigenvalue weighted by Crippen LogP contribution is -1.98. The summed E-state index contributed by atoms with van der Waals surface area (Å²) in [6.45, 7) is 2.04. The van der Waals surface area contributed by atoms with Gasteiger partial charge in [-0.15, -0.1) is 0 Å². The molecule has 0 radical (unpaired) electrons. The molecule has 3 N–H and O–H groups in total. The lowest BCUT2D eigenvalue weighted by atomic mass is 10.2. The third kappa shape index (κ3) is 2.27. The average Bonchev–Trinajstić information content (AvgIpc) is 2.86. The maximum absolute atomic E-state index is 9.87. The third-order valence-electron chi connectivity index (χ3n) is 2.97. The number of phenolic OH excluding ortho intramolecular Hbond substituents is 1. The fourth-order valence-corrected chi connectivity index (χ4v) is 2.09. The SMILES string of the molecule is CNc1cc(C)nc(Nc2cc(O)c3c(c2)OCO3)c1. The van der Waals surface area contributed by atoms with Crippen LogP contribution >= 0.6 is 0 Å². The fraction of sp³-hybridized carbons (Fsp3) is 0.214. The smallest absolute Gasteiger partial charge is 0.231 e. The second-order valence-corrected chi connectivity index (χ2v) is 4.49. The van der Waals surface area contributed by atoms with Gasteiger partial charge >= 0.3 is 0 Å². The van der Waals surface area contributed by atoms with E-state index in [4.69, 9.17) is 9.47 Å². The van der Waals surface area contributed by atoms with Crippen LogP contribution in [0.3, 0.4) is 0 Å². The molecule has 0 saturated heterocycles. The fourth-order valence-electron chi connectivity index (χ4n) is 2.09. The van der Waals surface area contributed by atoms with Crippen molar-refractivity contribution in [2.24, 2.45) is 0 Å². The molecule has 20 heavy (non-hydrogen) atoms. The molecule has 3 rings (SSSR count). The third-order valence-corrected chi connectivity index (χ3v) is 2.97. The van der Waals surface area contributed by atoms with Gasteiger partial charge in [-0.3, -0.25) is 0 Å². The van der Waals surface area contributed by atoms with Gasteiger partial charge in [-0.2, -0.15) is 0 Å². The zero-order valence-electron chi connectivity index (χ0n) is 11.2. The minimum atomic E-state index is 0.0454. The van der Waals surface area contributed by atoms with E-state index in [1.807, 2.05) is 26.1 Å².